The van der Waals surface area contributed by atoms with Crippen molar-refractivity contribution in [3.8, 4) is 0 Å². The van der Waals surface area contributed by atoms with Gasteiger partial charge >= 0.3 is 6.03 Å². The lowest BCUT2D eigenvalue weighted by Gasteiger charge is -2.40. The van der Waals surface area contributed by atoms with E-state index >= 15 is 0 Å². The van der Waals surface area contributed by atoms with E-state index in [1.54, 1.807) is 0 Å². The summed E-state index contributed by atoms with van der Waals surface area (Å²) in [4.78, 5) is 28.4. The highest BCUT2D eigenvalue weighted by atomic mass is 16.2. The van der Waals surface area contributed by atoms with Gasteiger partial charge in [-0.1, -0.05) is 79.9 Å². The Kier molecular flexibility index (Phi) is 7.46. The zero-order valence-electron chi connectivity index (χ0n) is 19.0. The number of carbonyl (C=O) groups excluding carboxylic acids is 2. The van der Waals surface area contributed by atoms with Crippen molar-refractivity contribution in [1.82, 2.24) is 15.5 Å². The molecule has 170 valence electrons. The zero-order chi connectivity index (χ0) is 22.3. The van der Waals surface area contributed by atoms with Gasteiger partial charge in [0.05, 0.1) is 18.0 Å². The number of hydrogen-bond acceptors (Lipinski definition) is 2. The highest BCUT2D eigenvalue weighted by molar-refractivity contribution is 5.81. The van der Waals surface area contributed by atoms with Crippen LogP contribution in [0.1, 0.15) is 75.1 Å². The number of nitrogens with one attached hydrogen (secondary N) is 2. The van der Waals surface area contributed by atoms with Crippen molar-refractivity contribution in [3.63, 3.8) is 0 Å². The van der Waals surface area contributed by atoms with E-state index in [1.165, 1.54) is 19.3 Å². The first-order valence-electron chi connectivity index (χ1n) is 12.1. The van der Waals surface area contributed by atoms with Crippen LogP contribution in [0.15, 0.2) is 60.7 Å². The highest BCUT2D eigenvalue weighted by Gasteiger charge is 2.36. The second-order valence-corrected chi connectivity index (χ2v) is 9.28. The molecule has 1 saturated carbocycles. The molecule has 3 atom stereocenters. The molecular formula is C27H35N3O2. The maximum Gasteiger partial charge on any atom is 0.318 e. The minimum Gasteiger partial charge on any atom is -0.349 e. The Hall–Kier alpha value is -2.82. The van der Waals surface area contributed by atoms with E-state index in [1.807, 2.05) is 60.4 Å². The Morgan fingerprint density at radius 2 is 1.53 bits per heavy atom. The van der Waals surface area contributed by atoms with E-state index in [0.29, 0.717) is 6.54 Å². The van der Waals surface area contributed by atoms with Gasteiger partial charge in [-0.15, -0.1) is 0 Å². The summed E-state index contributed by atoms with van der Waals surface area (Å²) < 4.78 is 0. The SMILES string of the molecule is CC(NC(=O)C1CCC(c2ccccc2)N(C(=O)NC2CCCCC2)C1)c1ccccc1. The molecule has 2 aliphatic rings. The number of carbonyl (C=O) groups is 2. The summed E-state index contributed by atoms with van der Waals surface area (Å²) in [6.45, 7) is 2.46. The van der Waals surface area contributed by atoms with Crippen LogP contribution >= 0.6 is 0 Å². The largest absolute Gasteiger partial charge is 0.349 e. The molecule has 1 aliphatic heterocycles. The standard InChI is InChI=1S/C27H35N3O2/c1-20(21-11-5-2-6-12-21)28-26(31)23-17-18-25(22-13-7-3-8-14-22)30(19-23)27(32)29-24-15-9-4-10-16-24/h2-3,5-8,11-14,20,23-25H,4,9-10,15-19H2,1H3,(H,28,31)(H,29,32). The van der Waals surface area contributed by atoms with Crippen molar-refractivity contribution in [1.29, 1.82) is 0 Å². The minimum atomic E-state index is -0.196. The molecule has 3 amide bonds. The lowest BCUT2D eigenvalue weighted by Crippen LogP contribution is -2.52. The van der Waals surface area contributed by atoms with Crippen LogP contribution in [0, 0.1) is 5.92 Å². The van der Waals surface area contributed by atoms with Crippen LogP contribution in [0.4, 0.5) is 4.79 Å². The van der Waals surface area contributed by atoms with E-state index in [2.05, 4.69) is 22.8 Å². The molecule has 3 unspecified atom stereocenters. The molecule has 32 heavy (non-hydrogen) atoms. The van der Waals surface area contributed by atoms with Crippen molar-refractivity contribution in [3.05, 3.63) is 71.8 Å². The van der Waals surface area contributed by atoms with Gasteiger partial charge in [-0.3, -0.25) is 4.79 Å². The Labute approximate surface area is 191 Å². The minimum absolute atomic E-state index is 0.00962. The van der Waals surface area contributed by atoms with Gasteiger partial charge in [0.25, 0.3) is 0 Å². The van der Waals surface area contributed by atoms with Gasteiger partial charge < -0.3 is 15.5 Å². The number of nitrogens with zero attached hydrogens (tertiary/aromatic N) is 1. The number of piperidine rings is 1. The summed E-state index contributed by atoms with van der Waals surface area (Å²) in [5.41, 5.74) is 2.23. The molecule has 0 radical (unpaired) electrons. The van der Waals surface area contributed by atoms with Crippen molar-refractivity contribution >= 4 is 11.9 Å². The fraction of sp³-hybridized carbons (Fsp3) is 0.481. The maximum atomic E-state index is 13.3. The third kappa shape index (κ3) is 5.50. The monoisotopic (exact) mass is 433 g/mol. The lowest BCUT2D eigenvalue weighted by atomic mass is 9.88. The van der Waals surface area contributed by atoms with Gasteiger partial charge in [-0.25, -0.2) is 4.79 Å². The molecule has 1 saturated heterocycles. The molecule has 1 aliphatic carbocycles. The van der Waals surface area contributed by atoms with Crippen LogP contribution in [-0.4, -0.2) is 29.4 Å². The Balaban J connectivity index is 1.45. The fourth-order valence-corrected chi connectivity index (χ4v) is 5.09. The fourth-order valence-electron chi connectivity index (χ4n) is 5.09. The third-order valence-electron chi connectivity index (χ3n) is 6.99. The van der Waals surface area contributed by atoms with Crippen molar-refractivity contribution < 1.29 is 9.59 Å². The summed E-state index contributed by atoms with van der Waals surface area (Å²) in [5, 5.41) is 6.43. The molecule has 2 fully saturated rings. The predicted molar refractivity (Wildman–Crippen MR) is 127 cm³/mol. The molecule has 1 heterocycles. The first-order valence-corrected chi connectivity index (χ1v) is 12.1. The number of hydrogen-bond donors (Lipinski definition) is 2. The van der Waals surface area contributed by atoms with Crippen LogP contribution in [0.3, 0.4) is 0 Å². The second kappa shape index (κ2) is 10.7. The Morgan fingerprint density at radius 3 is 2.22 bits per heavy atom. The molecule has 5 nitrogen and oxygen atoms in total. The molecule has 5 heteroatoms. The zero-order valence-corrected chi connectivity index (χ0v) is 19.0. The summed E-state index contributed by atoms with van der Waals surface area (Å²) in [7, 11) is 0. The molecule has 2 N–H and O–H groups in total. The molecule has 0 spiro atoms. The van der Waals surface area contributed by atoms with Gasteiger partial charge in [0.1, 0.15) is 0 Å². The average molecular weight is 434 g/mol. The van der Waals surface area contributed by atoms with Crippen LogP contribution < -0.4 is 10.6 Å². The number of benzene rings is 2. The van der Waals surface area contributed by atoms with Gasteiger partial charge in [0.15, 0.2) is 0 Å². The second-order valence-electron chi connectivity index (χ2n) is 9.28. The highest BCUT2D eigenvalue weighted by Crippen LogP contribution is 2.34. The van der Waals surface area contributed by atoms with E-state index in [9.17, 15) is 9.59 Å². The predicted octanol–water partition coefficient (Wildman–Crippen LogP) is 5.36. The van der Waals surface area contributed by atoms with E-state index < -0.39 is 0 Å². The van der Waals surface area contributed by atoms with Gasteiger partial charge in [-0.05, 0) is 43.7 Å². The van der Waals surface area contributed by atoms with Crippen LogP contribution in [0.25, 0.3) is 0 Å². The molecule has 4 rings (SSSR count). The normalized spacial score (nSPS) is 22.7. The quantitative estimate of drug-likeness (QED) is 0.667. The van der Waals surface area contributed by atoms with E-state index in [4.69, 9.17) is 0 Å². The number of likely N-dealkylation sites (tertiary alicyclic amines) is 1. The summed E-state index contributed by atoms with van der Waals surface area (Å²) in [5.74, 6) is -0.165. The van der Waals surface area contributed by atoms with Crippen molar-refractivity contribution in [2.24, 2.45) is 5.92 Å². The summed E-state index contributed by atoms with van der Waals surface area (Å²) in [6, 6.07) is 20.4. The van der Waals surface area contributed by atoms with E-state index in [-0.39, 0.29) is 36.0 Å². The number of urea groups is 1. The van der Waals surface area contributed by atoms with Gasteiger partial charge in [-0.2, -0.15) is 0 Å². The topological polar surface area (TPSA) is 61.4 Å². The van der Waals surface area contributed by atoms with Crippen LogP contribution in [0.2, 0.25) is 0 Å². The lowest BCUT2D eigenvalue weighted by molar-refractivity contribution is -0.127. The van der Waals surface area contributed by atoms with Crippen molar-refractivity contribution in [2.45, 2.75) is 70.0 Å². The first kappa shape index (κ1) is 22.4. The molecular weight excluding hydrogens is 398 g/mol. The Bertz CT molecular complexity index is 880. The number of rotatable bonds is 5. The van der Waals surface area contributed by atoms with Crippen LogP contribution in [0.5, 0.6) is 0 Å². The molecule has 2 aromatic rings. The van der Waals surface area contributed by atoms with Gasteiger partial charge in [0.2, 0.25) is 5.91 Å². The average Bonchev–Trinajstić information content (AvgIpc) is 2.85. The van der Waals surface area contributed by atoms with E-state index in [0.717, 1.165) is 36.8 Å². The smallest absolute Gasteiger partial charge is 0.318 e. The summed E-state index contributed by atoms with van der Waals surface area (Å²) >= 11 is 0. The van der Waals surface area contributed by atoms with Gasteiger partial charge in [0, 0.05) is 12.6 Å². The Morgan fingerprint density at radius 1 is 0.875 bits per heavy atom. The van der Waals surface area contributed by atoms with Crippen molar-refractivity contribution in [2.75, 3.05) is 6.54 Å². The third-order valence-corrected chi connectivity index (χ3v) is 6.99. The molecule has 0 aromatic heterocycles. The maximum absolute atomic E-state index is 13.3. The summed E-state index contributed by atoms with van der Waals surface area (Å²) in [6.07, 6.45) is 7.28. The molecule has 2 aromatic carbocycles. The van der Waals surface area contributed by atoms with Crippen LogP contribution in [-0.2, 0) is 4.79 Å². The first-order chi connectivity index (χ1) is 15.6. The molecule has 0 bridgehead atoms. The number of amides is 3.